The minimum absolute atomic E-state index is 0.0807. The molecule has 3 aromatic rings. The molecule has 6 heteroatoms. The highest BCUT2D eigenvalue weighted by Gasteiger charge is 2.21. The van der Waals surface area contributed by atoms with Crippen LogP contribution in [0.25, 0.3) is 21.5 Å². The van der Waals surface area contributed by atoms with E-state index < -0.39 is 19.7 Å². The highest BCUT2D eigenvalue weighted by molar-refractivity contribution is 7.50. The molecule has 0 unspecified atom stereocenters. The van der Waals surface area contributed by atoms with Crippen molar-refractivity contribution in [3.05, 3.63) is 59.7 Å². The maximum Gasteiger partial charge on any atom is 0.336 e. The van der Waals surface area contributed by atoms with Gasteiger partial charge in [-0.25, -0.2) is 4.79 Å². The summed E-state index contributed by atoms with van der Waals surface area (Å²) >= 11 is 0. The zero-order valence-electron chi connectivity index (χ0n) is 11.4. The largest absolute Gasteiger partial charge is 0.478 e. The second-order valence-electron chi connectivity index (χ2n) is 5.12. The lowest BCUT2D eigenvalue weighted by Gasteiger charge is -2.13. The summed E-state index contributed by atoms with van der Waals surface area (Å²) < 4.78 is 11.3. The van der Waals surface area contributed by atoms with Crippen molar-refractivity contribution < 1.29 is 24.3 Å². The molecule has 0 spiro atoms. The Balaban J connectivity index is 2.47. The molecule has 0 saturated carbocycles. The molecule has 0 aromatic heterocycles. The van der Waals surface area contributed by atoms with Gasteiger partial charge in [0.2, 0.25) is 0 Å². The van der Waals surface area contributed by atoms with Crippen molar-refractivity contribution in [3.8, 4) is 0 Å². The number of hydrogen-bond donors (Lipinski definition) is 3. The first-order valence-electron chi connectivity index (χ1n) is 6.58. The summed E-state index contributed by atoms with van der Waals surface area (Å²) in [4.78, 5) is 30.2. The molecule has 22 heavy (non-hydrogen) atoms. The van der Waals surface area contributed by atoms with Crippen LogP contribution in [-0.2, 0) is 10.7 Å². The normalized spacial score (nSPS) is 11.9. The molecule has 112 valence electrons. The van der Waals surface area contributed by atoms with Crippen molar-refractivity contribution in [2.75, 3.05) is 0 Å². The lowest BCUT2D eigenvalue weighted by Crippen LogP contribution is -2.02. The summed E-state index contributed by atoms with van der Waals surface area (Å²) in [5, 5.41) is 12.0. The van der Waals surface area contributed by atoms with E-state index in [1.54, 1.807) is 30.3 Å². The summed E-state index contributed by atoms with van der Waals surface area (Å²) in [7, 11) is -4.30. The van der Waals surface area contributed by atoms with Crippen molar-refractivity contribution in [1.82, 2.24) is 0 Å². The molecule has 3 N–H and O–H groups in total. The first-order valence-corrected chi connectivity index (χ1v) is 8.38. The van der Waals surface area contributed by atoms with Crippen molar-refractivity contribution in [1.29, 1.82) is 0 Å². The molecule has 0 aliphatic rings. The number of fused-ring (bicyclic) bond motifs is 2. The zero-order valence-corrected chi connectivity index (χ0v) is 12.3. The number of hydrogen-bond acceptors (Lipinski definition) is 2. The minimum atomic E-state index is -4.30. The first kappa shape index (κ1) is 14.7. The molecular formula is C16H13O5P. The van der Waals surface area contributed by atoms with Crippen LogP contribution < -0.4 is 0 Å². The predicted octanol–water partition coefficient (Wildman–Crippen LogP) is 3.37. The van der Waals surface area contributed by atoms with Gasteiger partial charge in [-0.15, -0.1) is 0 Å². The summed E-state index contributed by atoms with van der Waals surface area (Å²) in [6, 6.07) is 13.9. The van der Waals surface area contributed by atoms with Crippen LogP contribution in [-0.4, -0.2) is 20.9 Å². The van der Waals surface area contributed by atoms with E-state index in [0.29, 0.717) is 21.7 Å². The maximum atomic E-state index is 11.8. The quantitative estimate of drug-likeness (QED) is 0.509. The summed E-state index contributed by atoms with van der Waals surface area (Å²) in [5.74, 6) is -1.11. The van der Waals surface area contributed by atoms with Gasteiger partial charge >= 0.3 is 13.6 Å². The standard InChI is InChI=1S/C16H13O5P/c17-16(18)15-13-7-2-1-4-10(13)8-11-5-3-6-12(14(11)15)9-22(19,20)21/h1-8H,9H2,(H,17,18)(H2,19,20,21). The number of benzene rings is 3. The third-order valence-corrected chi connectivity index (χ3v) is 4.32. The van der Waals surface area contributed by atoms with Gasteiger partial charge < -0.3 is 14.9 Å². The summed E-state index contributed by atoms with van der Waals surface area (Å²) in [6.45, 7) is 0. The molecule has 5 nitrogen and oxygen atoms in total. The van der Waals surface area contributed by atoms with Gasteiger partial charge in [-0.1, -0.05) is 42.5 Å². The zero-order chi connectivity index (χ0) is 15.9. The average molecular weight is 316 g/mol. The van der Waals surface area contributed by atoms with E-state index in [2.05, 4.69) is 0 Å². The van der Waals surface area contributed by atoms with E-state index in [4.69, 9.17) is 0 Å². The van der Waals surface area contributed by atoms with Crippen molar-refractivity contribution in [2.24, 2.45) is 0 Å². The van der Waals surface area contributed by atoms with Gasteiger partial charge in [0.15, 0.2) is 0 Å². The van der Waals surface area contributed by atoms with Gasteiger partial charge in [-0.05, 0) is 27.8 Å². The van der Waals surface area contributed by atoms with Crippen LogP contribution in [0, 0.1) is 0 Å². The van der Waals surface area contributed by atoms with Crippen LogP contribution in [0.15, 0.2) is 48.5 Å². The highest BCUT2D eigenvalue weighted by atomic mass is 31.2. The van der Waals surface area contributed by atoms with Gasteiger partial charge in [0.25, 0.3) is 0 Å². The van der Waals surface area contributed by atoms with Crippen LogP contribution in [0.4, 0.5) is 0 Å². The molecule has 0 saturated heterocycles. The lowest BCUT2D eigenvalue weighted by atomic mass is 9.94. The molecule has 0 amide bonds. The van der Waals surface area contributed by atoms with Crippen molar-refractivity contribution in [3.63, 3.8) is 0 Å². The molecule has 0 aliphatic carbocycles. The van der Waals surface area contributed by atoms with E-state index in [1.807, 2.05) is 18.2 Å². The molecule has 0 heterocycles. The van der Waals surface area contributed by atoms with Crippen LogP contribution in [0.3, 0.4) is 0 Å². The third-order valence-electron chi connectivity index (χ3n) is 3.56. The fraction of sp³-hybridized carbons (Fsp3) is 0.0625. The molecule has 0 fully saturated rings. The summed E-state index contributed by atoms with van der Waals surface area (Å²) in [6.07, 6.45) is -0.483. The SMILES string of the molecule is O=C(O)c1c2ccccc2cc2cccc(CP(=O)(O)O)c12. The fourth-order valence-corrected chi connectivity index (χ4v) is 3.48. The van der Waals surface area contributed by atoms with Crippen molar-refractivity contribution >= 4 is 35.1 Å². The minimum Gasteiger partial charge on any atom is -0.478 e. The Morgan fingerprint density at radius 2 is 1.68 bits per heavy atom. The van der Waals surface area contributed by atoms with E-state index >= 15 is 0 Å². The molecule has 3 rings (SSSR count). The van der Waals surface area contributed by atoms with Gasteiger partial charge in [0.05, 0.1) is 11.7 Å². The smallest absolute Gasteiger partial charge is 0.336 e. The van der Waals surface area contributed by atoms with Crippen molar-refractivity contribution in [2.45, 2.75) is 6.16 Å². The highest BCUT2D eigenvalue weighted by Crippen LogP contribution is 2.42. The van der Waals surface area contributed by atoms with E-state index in [9.17, 15) is 24.3 Å². The maximum absolute atomic E-state index is 11.8. The van der Waals surface area contributed by atoms with Gasteiger partial charge in [0.1, 0.15) is 0 Å². The molecule has 0 radical (unpaired) electrons. The number of rotatable bonds is 3. The number of carbonyl (C=O) groups is 1. The third kappa shape index (κ3) is 2.62. The van der Waals surface area contributed by atoms with Crippen LogP contribution >= 0.6 is 7.60 Å². The Bertz CT molecular complexity index is 942. The number of carboxylic acid groups (broad SMARTS) is 1. The number of aromatic carboxylic acids is 1. The Morgan fingerprint density at radius 1 is 1.00 bits per heavy atom. The van der Waals surface area contributed by atoms with Crippen LogP contribution in [0.2, 0.25) is 0 Å². The van der Waals surface area contributed by atoms with Crippen LogP contribution in [0.5, 0.6) is 0 Å². The van der Waals surface area contributed by atoms with Crippen LogP contribution in [0.1, 0.15) is 15.9 Å². The van der Waals surface area contributed by atoms with Gasteiger partial charge in [-0.2, -0.15) is 0 Å². The molecule has 3 aromatic carbocycles. The average Bonchev–Trinajstić information content (AvgIpc) is 2.43. The Kier molecular flexibility index (Phi) is 3.49. The Hall–Kier alpha value is -2.20. The molecule has 0 bridgehead atoms. The summed E-state index contributed by atoms with van der Waals surface area (Å²) in [5.41, 5.74) is 0.422. The second kappa shape index (κ2) is 5.21. The fourth-order valence-electron chi connectivity index (χ4n) is 2.77. The second-order valence-corrected chi connectivity index (χ2v) is 6.76. The molecule has 0 aliphatic heterocycles. The number of carboxylic acids is 1. The van der Waals surface area contributed by atoms with Gasteiger partial charge in [-0.3, -0.25) is 4.57 Å². The first-order chi connectivity index (χ1) is 10.4. The van der Waals surface area contributed by atoms with E-state index in [-0.39, 0.29) is 5.56 Å². The molecule has 0 atom stereocenters. The topological polar surface area (TPSA) is 94.8 Å². The van der Waals surface area contributed by atoms with Gasteiger partial charge in [0, 0.05) is 5.39 Å². The Morgan fingerprint density at radius 3 is 2.36 bits per heavy atom. The van der Waals surface area contributed by atoms with E-state index in [0.717, 1.165) is 5.39 Å². The molecular weight excluding hydrogens is 303 g/mol. The predicted molar refractivity (Wildman–Crippen MR) is 84.2 cm³/mol. The van der Waals surface area contributed by atoms with E-state index in [1.165, 1.54) is 0 Å². The lowest BCUT2D eigenvalue weighted by molar-refractivity contribution is 0.0701. The Labute approximate surface area is 126 Å². The monoisotopic (exact) mass is 316 g/mol.